The Morgan fingerprint density at radius 2 is 2.00 bits per heavy atom. The molecule has 0 spiro atoms. The first-order chi connectivity index (χ1) is 13.3. The van der Waals surface area contributed by atoms with E-state index in [1.807, 2.05) is 0 Å². The van der Waals surface area contributed by atoms with Gasteiger partial charge < -0.3 is 18.9 Å². The number of benzene rings is 1. The van der Waals surface area contributed by atoms with Crippen LogP contribution in [0.3, 0.4) is 0 Å². The summed E-state index contributed by atoms with van der Waals surface area (Å²) in [6.07, 6.45) is 0.339. The van der Waals surface area contributed by atoms with Gasteiger partial charge in [0.1, 0.15) is 5.76 Å². The number of nitrogens with zero attached hydrogens (tertiary/aromatic N) is 2. The van der Waals surface area contributed by atoms with Crippen LogP contribution in [0.2, 0.25) is 0 Å². The van der Waals surface area contributed by atoms with Gasteiger partial charge in [0.05, 0.1) is 17.5 Å². The number of esters is 1. The minimum atomic E-state index is -3.19. The molecule has 0 unspecified atom stereocenters. The molecule has 1 fully saturated rings. The molecule has 150 valence electrons. The first-order valence-corrected chi connectivity index (χ1v) is 10.5. The molecule has 0 bridgehead atoms. The third-order valence-electron chi connectivity index (χ3n) is 4.18. The highest BCUT2D eigenvalue weighted by Crippen LogP contribution is 2.24. The molecule has 1 aliphatic heterocycles. The normalized spacial score (nSPS) is 17.8. The van der Waals surface area contributed by atoms with Gasteiger partial charge in [0.2, 0.25) is 0 Å². The standard InChI is InChI=1S/C18H20N2O7S/c1-13-9-16(19-27-13)25-11-18(22)26-10-17(21)20(14-5-3-2-4-6-14)15-7-8-28(23,24)12-15/h2-6,9,15H,7-8,10-12H2,1H3/t15-/m1/s1. The van der Waals surface area contributed by atoms with Crippen molar-refractivity contribution in [2.45, 2.75) is 19.4 Å². The second kappa shape index (κ2) is 8.42. The maximum Gasteiger partial charge on any atom is 0.344 e. The van der Waals surface area contributed by atoms with Crippen LogP contribution < -0.4 is 9.64 Å². The summed E-state index contributed by atoms with van der Waals surface area (Å²) >= 11 is 0. The highest BCUT2D eigenvalue weighted by atomic mass is 32.2. The molecule has 2 heterocycles. The first-order valence-electron chi connectivity index (χ1n) is 8.63. The zero-order chi connectivity index (χ0) is 20.1. The third kappa shape index (κ3) is 5.10. The number of hydrogen-bond acceptors (Lipinski definition) is 8. The van der Waals surface area contributed by atoms with E-state index in [-0.39, 0.29) is 17.4 Å². The van der Waals surface area contributed by atoms with E-state index < -0.39 is 41.0 Å². The molecule has 0 aliphatic carbocycles. The SMILES string of the molecule is Cc1cc(OCC(=O)OCC(=O)N(c2ccccc2)[C@@H]2CCS(=O)(=O)C2)no1. The van der Waals surface area contributed by atoms with Crippen molar-refractivity contribution in [1.29, 1.82) is 0 Å². The van der Waals surface area contributed by atoms with Gasteiger partial charge in [-0.2, -0.15) is 0 Å². The average Bonchev–Trinajstić information content (AvgIpc) is 3.24. The van der Waals surface area contributed by atoms with E-state index in [0.717, 1.165) is 0 Å². The molecule has 3 rings (SSSR count). The first kappa shape index (κ1) is 19.9. The summed E-state index contributed by atoms with van der Waals surface area (Å²) in [5, 5.41) is 3.58. The van der Waals surface area contributed by atoms with Gasteiger partial charge in [0, 0.05) is 11.8 Å². The second-order valence-electron chi connectivity index (χ2n) is 6.38. The maximum absolute atomic E-state index is 12.7. The number of aromatic nitrogens is 1. The summed E-state index contributed by atoms with van der Waals surface area (Å²) in [5.74, 6) is -0.665. The Kier molecular flexibility index (Phi) is 5.98. The van der Waals surface area contributed by atoms with Crippen molar-refractivity contribution < 1.29 is 32.0 Å². The van der Waals surface area contributed by atoms with Gasteiger partial charge in [-0.3, -0.25) is 4.79 Å². The van der Waals surface area contributed by atoms with Crippen molar-refractivity contribution >= 4 is 27.4 Å². The fourth-order valence-corrected chi connectivity index (χ4v) is 4.62. The van der Waals surface area contributed by atoms with Crippen LogP contribution in [-0.2, 0) is 24.2 Å². The molecule has 1 saturated heterocycles. The lowest BCUT2D eigenvalue weighted by molar-refractivity contribution is -0.150. The summed E-state index contributed by atoms with van der Waals surface area (Å²) in [6, 6.07) is 9.73. The second-order valence-corrected chi connectivity index (χ2v) is 8.61. The number of carbonyl (C=O) groups excluding carboxylic acids is 2. The number of anilines is 1. The van der Waals surface area contributed by atoms with E-state index in [1.165, 1.54) is 11.0 Å². The molecule has 10 heteroatoms. The molecule has 1 atom stereocenters. The Morgan fingerprint density at radius 3 is 2.61 bits per heavy atom. The highest BCUT2D eigenvalue weighted by Gasteiger charge is 2.35. The molecule has 0 N–H and O–H groups in total. The summed E-state index contributed by atoms with van der Waals surface area (Å²) < 4.78 is 38.6. The number of amides is 1. The van der Waals surface area contributed by atoms with Gasteiger partial charge in [-0.1, -0.05) is 18.2 Å². The molecule has 1 aromatic carbocycles. The van der Waals surface area contributed by atoms with E-state index in [9.17, 15) is 18.0 Å². The molecular formula is C18H20N2O7S. The van der Waals surface area contributed by atoms with E-state index in [2.05, 4.69) is 5.16 Å². The van der Waals surface area contributed by atoms with Crippen LogP contribution in [0.1, 0.15) is 12.2 Å². The molecule has 0 radical (unpaired) electrons. The van der Waals surface area contributed by atoms with Gasteiger partial charge in [-0.05, 0) is 30.6 Å². The zero-order valence-corrected chi connectivity index (χ0v) is 16.1. The van der Waals surface area contributed by atoms with Crippen LogP contribution in [-0.4, -0.2) is 56.2 Å². The van der Waals surface area contributed by atoms with Crippen molar-refractivity contribution in [1.82, 2.24) is 5.16 Å². The summed E-state index contributed by atoms with van der Waals surface area (Å²) in [4.78, 5) is 25.9. The lowest BCUT2D eigenvalue weighted by Gasteiger charge is -2.28. The average molecular weight is 408 g/mol. The van der Waals surface area contributed by atoms with Crippen LogP contribution in [0.4, 0.5) is 5.69 Å². The number of aryl methyl sites for hydroxylation is 1. The Balaban J connectivity index is 1.60. The molecule has 1 amide bonds. The van der Waals surface area contributed by atoms with Gasteiger partial charge in [0.25, 0.3) is 11.8 Å². The Labute approximate surface area is 162 Å². The topological polar surface area (TPSA) is 116 Å². The van der Waals surface area contributed by atoms with Crippen LogP contribution in [0, 0.1) is 6.92 Å². The lowest BCUT2D eigenvalue weighted by atomic mass is 10.2. The summed E-state index contributed by atoms with van der Waals surface area (Å²) in [6.45, 7) is 0.728. The van der Waals surface area contributed by atoms with Crippen LogP contribution in [0.15, 0.2) is 40.9 Å². The summed E-state index contributed by atoms with van der Waals surface area (Å²) in [5.41, 5.74) is 0.556. The van der Waals surface area contributed by atoms with Gasteiger partial charge in [0.15, 0.2) is 23.1 Å². The predicted molar refractivity (Wildman–Crippen MR) is 98.7 cm³/mol. The van der Waals surface area contributed by atoms with E-state index in [4.69, 9.17) is 14.0 Å². The molecule has 9 nitrogen and oxygen atoms in total. The number of para-hydroxylation sites is 1. The van der Waals surface area contributed by atoms with Crippen molar-refractivity contribution in [2.75, 3.05) is 29.6 Å². The maximum atomic E-state index is 12.7. The van der Waals surface area contributed by atoms with Crippen molar-refractivity contribution in [3.05, 3.63) is 42.2 Å². The highest BCUT2D eigenvalue weighted by molar-refractivity contribution is 7.91. The van der Waals surface area contributed by atoms with Gasteiger partial charge >= 0.3 is 5.97 Å². The zero-order valence-electron chi connectivity index (χ0n) is 15.2. The number of hydrogen-bond donors (Lipinski definition) is 0. The van der Waals surface area contributed by atoms with Gasteiger partial charge in [-0.15, -0.1) is 0 Å². The van der Waals surface area contributed by atoms with Crippen LogP contribution in [0.5, 0.6) is 5.88 Å². The molecule has 28 heavy (non-hydrogen) atoms. The fraction of sp³-hybridized carbons (Fsp3) is 0.389. The molecular weight excluding hydrogens is 388 g/mol. The van der Waals surface area contributed by atoms with E-state index in [0.29, 0.717) is 17.9 Å². The fourth-order valence-electron chi connectivity index (χ4n) is 2.92. The number of ether oxygens (including phenoxy) is 2. The van der Waals surface area contributed by atoms with E-state index >= 15 is 0 Å². The molecule has 0 saturated carbocycles. The largest absolute Gasteiger partial charge is 0.463 e. The van der Waals surface area contributed by atoms with Crippen molar-refractivity contribution in [3.63, 3.8) is 0 Å². The smallest absolute Gasteiger partial charge is 0.344 e. The Hall–Kier alpha value is -2.88. The number of carbonyl (C=O) groups is 2. The minimum absolute atomic E-state index is 0.0268. The lowest BCUT2D eigenvalue weighted by Crippen LogP contribution is -2.43. The van der Waals surface area contributed by atoms with Gasteiger partial charge in [-0.25, -0.2) is 13.2 Å². The summed E-state index contributed by atoms with van der Waals surface area (Å²) in [7, 11) is -3.19. The van der Waals surface area contributed by atoms with Crippen LogP contribution in [0.25, 0.3) is 0 Å². The van der Waals surface area contributed by atoms with E-state index in [1.54, 1.807) is 37.3 Å². The van der Waals surface area contributed by atoms with Crippen LogP contribution >= 0.6 is 0 Å². The molecule has 1 aliphatic rings. The van der Waals surface area contributed by atoms with Crippen molar-refractivity contribution in [3.8, 4) is 5.88 Å². The Bertz CT molecular complexity index is 940. The minimum Gasteiger partial charge on any atom is -0.463 e. The predicted octanol–water partition coefficient (Wildman–Crippen LogP) is 1.13. The third-order valence-corrected chi connectivity index (χ3v) is 5.93. The number of sulfone groups is 1. The Morgan fingerprint density at radius 1 is 1.25 bits per heavy atom. The number of rotatable bonds is 7. The quantitative estimate of drug-likeness (QED) is 0.626. The van der Waals surface area contributed by atoms with Crippen molar-refractivity contribution in [2.24, 2.45) is 0 Å². The molecule has 2 aromatic rings. The molecule has 1 aromatic heterocycles. The monoisotopic (exact) mass is 408 g/mol.